The first-order chi connectivity index (χ1) is 4.75. The van der Waals surface area contributed by atoms with Gasteiger partial charge >= 0.3 is 0 Å². The Kier molecular flexibility index (Phi) is 0.783. The van der Waals surface area contributed by atoms with Crippen molar-refractivity contribution in [1.29, 1.82) is 0 Å². The summed E-state index contributed by atoms with van der Waals surface area (Å²) in [6.07, 6.45) is 4.43. The molecule has 0 aromatic rings. The maximum atomic E-state index is 9.88. The summed E-state index contributed by atoms with van der Waals surface area (Å²) in [5.41, 5.74) is -0.247. The molecular weight excluding hydrogens is 126 g/mol. The number of aliphatic hydroxyl groups is 1. The van der Waals surface area contributed by atoms with Crippen LogP contribution >= 0.6 is 0 Å². The smallest absolute Gasteiger partial charge is 0.0680 e. The van der Waals surface area contributed by atoms with Gasteiger partial charge in [-0.05, 0) is 31.6 Å². The van der Waals surface area contributed by atoms with Crippen LogP contribution in [0.15, 0.2) is 0 Å². The highest BCUT2D eigenvalue weighted by Gasteiger charge is 2.54. The molecular formula is C8H13NO. The third kappa shape index (κ3) is 0.523. The van der Waals surface area contributed by atoms with Crippen LogP contribution in [0.25, 0.3) is 0 Å². The van der Waals surface area contributed by atoms with E-state index in [1.807, 2.05) is 0 Å². The molecule has 2 nitrogen and oxygen atoms in total. The van der Waals surface area contributed by atoms with Crippen LogP contribution in [0.4, 0.5) is 0 Å². The van der Waals surface area contributed by atoms with Crippen molar-refractivity contribution in [3.05, 3.63) is 0 Å². The highest BCUT2D eigenvalue weighted by Crippen LogP contribution is 2.49. The molecule has 56 valence electrons. The Labute approximate surface area is 60.6 Å². The van der Waals surface area contributed by atoms with Gasteiger partial charge in [-0.25, -0.2) is 0 Å². The predicted molar refractivity (Wildman–Crippen MR) is 37.6 cm³/mol. The van der Waals surface area contributed by atoms with Gasteiger partial charge in [0.15, 0.2) is 0 Å². The van der Waals surface area contributed by atoms with E-state index >= 15 is 0 Å². The van der Waals surface area contributed by atoms with E-state index in [2.05, 4.69) is 5.32 Å². The quantitative estimate of drug-likeness (QED) is 0.504. The molecule has 2 saturated carbocycles. The summed E-state index contributed by atoms with van der Waals surface area (Å²) in [6, 6.07) is 1.33. The van der Waals surface area contributed by atoms with E-state index in [0.717, 1.165) is 25.2 Å². The Balaban J connectivity index is 2.01. The summed E-state index contributed by atoms with van der Waals surface area (Å²) in [4.78, 5) is 0. The van der Waals surface area contributed by atoms with Crippen LogP contribution in [0.3, 0.4) is 0 Å². The zero-order valence-electron chi connectivity index (χ0n) is 6.01. The fourth-order valence-electron chi connectivity index (χ4n) is 3.24. The summed E-state index contributed by atoms with van der Waals surface area (Å²) < 4.78 is 0. The van der Waals surface area contributed by atoms with Crippen molar-refractivity contribution in [3.63, 3.8) is 0 Å². The average molecular weight is 139 g/mol. The van der Waals surface area contributed by atoms with E-state index in [1.165, 1.54) is 6.42 Å². The van der Waals surface area contributed by atoms with Crippen molar-refractivity contribution < 1.29 is 5.11 Å². The third-order valence-electron chi connectivity index (χ3n) is 3.47. The highest BCUT2D eigenvalue weighted by molar-refractivity contribution is 5.11. The summed E-state index contributed by atoms with van der Waals surface area (Å²) in [5, 5.41) is 13.4. The number of hydrogen-bond donors (Lipinski definition) is 2. The van der Waals surface area contributed by atoms with Gasteiger partial charge in [0.1, 0.15) is 0 Å². The molecule has 0 radical (unpaired) electrons. The topological polar surface area (TPSA) is 32.3 Å². The molecule has 2 N–H and O–H groups in total. The molecule has 4 unspecified atom stereocenters. The highest BCUT2D eigenvalue weighted by atomic mass is 16.3. The lowest BCUT2D eigenvalue weighted by atomic mass is 9.84. The van der Waals surface area contributed by atoms with Gasteiger partial charge in [-0.1, -0.05) is 0 Å². The summed E-state index contributed by atoms with van der Waals surface area (Å²) in [7, 11) is 0. The Morgan fingerprint density at radius 2 is 2.20 bits per heavy atom. The van der Waals surface area contributed by atoms with Crippen molar-refractivity contribution >= 4 is 0 Å². The number of rotatable bonds is 0. The summed E-state index contributed by atoms with van der Waals surface area (Å²) in [5.74, 6) is 0.809. The Hall–Kier alpha value is -0.0800. The SMILES string of the molecule is OC12CC3CC(C1)C(C2)N3. The van der Waals surface area contributed by atoms with E-state index in [9.17, 15) is 5.11 Å². The fourth-order valence-corrected chi connectivity index (χ4v) is 3.24. The number of hydrogen-bond acceptors (Lipinski definition) is 2. The van der Waals surface area contributed by atoms with Gasteiger partial charge in [0, 0.05) is 12.1 Å². The van der Waals surface area contributed by atoms with Crippen LogP contribution in [0, 0.1) is 5.92 Å². The molecule has 2 saturated heterocycles. The Morgan fingerprint density at radius 3 is 2.80 bits per heavy atom. The second-order valence-corrected chi connectivity index (χ2v) is 4.30. The molecule has 0 amide bonds. The molecule has 10 heavy (non-hydrogen) atoms. The second kappa shape index (κ2) is 1.41. The molecule has 0 spiro atoms. The molecule has 2 heterocycles. The van der Waals surface area contributed by atoms with Gasteiger partial charge in [-0.15, -0.1) is 0 Å². The molecule has 0 aromatic heterocycles. The molecule has 2 aliphatic carbocycles. The van der Waals surface area contributed by atoms with Gasteiger partial charge in [0.05, 0.1) is 5.60 Å². The minimum absolute atomic E-state index is 0.247. The van der Waals surface area contributed by atoms with Crippen LogP contribution in [-0.2, 0) is 0 Å². The lowest BCUT2D eigenvalue weighted by molar-refractivity contribution is 0.000529. The van der Waals surface area contributed by atoms with Gasteiger partial charge in [-0.3, -0.25) is 0 Å². The Bertz CT molecular complexity index is 161. The largest absolute Gasteiger partial charge is 0.390 e. The number of piperidine rings is 1. The minimum atomic E-state index is -0.247. The van der Waals surface area contributed by atoms with Crippen LogP contribution in [0.1, 0.15) is 25.7 Å². The molecule has 2 heteroatoms. The fraction of sp³-hybridized carbons (Fsp3) is 1.00. The van der Waals surface area contributed by atoms with Gasteiger partial charge in [0.25, 0.3) is 0 Å². The predicted octanol–water partition coefficient (Wildman–Crippen LogP) is 0.262. The normalized spacial score (nSPS) is 63.9. The standard InChI is InChI=1S/C8H13NO/c10-8-2-5-1-6(3-8)9-7(5)4-8/h5-7,9-10H,1-4H2. The average Bonchev–Trinajstić information content (AvgIpc) is 2.16. The van der Waals surface area contributed by atoms with Crippen molar-refractivity contribution in [2.45, 2.75) is 43.4 Å². The van der Waals surface area contributed by atoms with E-state index in [4.69, 9.17) is 0 Å². The van der Waals surface area contributed by atoms with E-state index in [-0.39, 0.29) is 5.60 Å². The zero-order valence-corrected chi connectivity index (χ0v) is 6.01. The second-order valence-electron chi connectivity index (χ2n) is 4.30. The van der Waals surface area contributed by atoms with Gasteiger partial charge in [-0.2, -0.15) is 0 Å². The molecule has 4 atom stereocenters. The zero-order chi connectivity index (χ0) is 6.77. The maximum absolute atomic E-state index is 9.88. The van der Waals surface area contributed by atoms with Crippen LogP contribution in [0.5, 0.6) is 0 Å². The first kappa shape index (κ1) is 5.56. The first-order valence-electron chi connectivity index (χ1n) is 4.24. The summed E-state index contributed by atoms with van der Waals surface area (Å²) in [6.45, 7) is 0. The van der Waals surface area contributed by atoms with Crippen LogP contribution in [-0.4, -0.2) is 22.8 Å². The molecule has 4 aliphatic rings. The van der Waals surface area contributed by atoms with E-state index in [1.54, 1.807) is 0 Å². The third-order valence-corrected chi connectivity index (χ3v) is 3.47. The van der Waals surface area contributed by atoms with Crippen molar-refractivity contribution in [2.24, 2.45) is 5.92 Å². The number of nitrogens with one attached hydrogen (secondary N) is 1. The lowest BCUT2D eigenvalue weighted by Gasteiger charge is -2.33. The monoisotopic (exact) mass is 139 g/mol. The molecule has 4 bridgehead atoms. The summed E-state index contributed by atoms with van der Waals surface area (Å²) >= 11 is 0. The van der Waals surface area contributed by atoms with Gasteiger partial charge in [0.2, 0.25) is 0 Å². The maximum Gasteiger partial charge on any atom is 0.0680 e. The van der Waals surface area contributed by atoms with Crippen molar-refractivity contribution in [2.75, 3.05) is 0 Å². The minimum Gasteiger partial charge on any atom is -0.390 e. The molecule has 4 fully saturated rings. The first-order valence-corrected chi connectivity index (χ1v) is 4.24. The van der Waals surface area contributed by atoms with Gasteiger partial charge < -0.3 is 10.4 Å². The van der Waals surface area contributed by atoms with Crippen molar-refractivity contribution in [1.82, 2.24) is 5.32 Å². The molecule has 0 aromatic carbocycles. The lowest BCUT2D eigenvalue weighted by Crippen LogP contribution is -2.44. The van der Waals surface area contributed by atoms with Crippen LogP contribution in [0.2, 0.25) is 0 Å². The molecule has 4 rings (SSSR count). The Morgan fingerprint density at radius 1 is 1.30 bits per heavy atom. The molecule has 2 aliphatic heterocycles. The van der Waals surface area contributed by atoms with E-state index < -0.39 is 0 Å². The van der Waals surface area contributed by atoms with Crippen LogP contribution < -0.4 is 5.32 Å². The van der Waals surface area contributed by atoms with E-state index in [0.29, 0.717) is 12.1 Å². The van der Waals surface area contributed by atoms with Crippen molar-refractivity contribution in [3.8, 4) is 0 Å².